The third-order valence-electron chi connectivity index (χ3n) is 6.92. The number of hydrogen-bond acceptors (Lipinski definition) is 6. The van der Waals surface area contributed by atoms with Crippen molar-refractivity contribution in [2.75, 3.05) is 6.61 Å². The number of carbonyl (C=O) groups excluding carboxylic acids is 1. The highest BCUT2D eigenvalue weighted by molar-refractivity contribution is 5.86. The Morgan fingerprint density at radius 2 is 1.91 bits per heavy atom. The van der Waals surface area contributed by atoms with Crippen LogP contribution in [0.2, 0.25) is 0 Å². The van der Waals surface area contributed by atoms with Gasteiger partial charge in [0, 0.05) is 18.4 Å². The summed E-state index contributed by atoms with van der Waals surface area (Å²) in [6.07, 6.45) is 3.72. The van der Waals surface area contributed by atoms with Crippen LogP contribution in [0, 0.1) is 28.1 Å². The first-order valence-electron chi connectivity index (χ1n) is 11.3. The lowest BCUT2D eigenvalue weighted by atomic mass is 9.78. The first-order valence-corrected chi connectivity index (χ1v) is 11.3. The molecule has 7 heteroatoms. The summed E-state index contributed by atoms with van der Waals surface area (Å²) in [6, 6.07) is 18.4. The van der Waals surface area contributed by atoms with Gasteiger partial charge in [-0.15, -0.1) is 0 Å². The normalized spacial score (nSPS) is 25.9. The van der Waals surface area contributed by atoms with Gasteiger partial charge >= 0.3 is 11.9 Å². The number of ether oxygens (including phenoxy) is 3. The second-order valence-electron chi connectivity index (χ2n) is 9.16. The fourth-order valence-corrected chi connectivity index (χ4v) is 5.12. The molecule has 0 aromatic heterocycles. The standard InChI is InChI=1S/C27H27NO6/c1-26(2)22(13-14-23(29)34-24-12-7-15-32-24)27(26,25(30)31)21(17-28)18-8-6-11-20(16-18)33-19-9-4-3-5-10-19/h3-6,8-11,13-14,16,21-22,24H,7,12,15H2,1-2H3,(H,30,31)/t21?,22-,24?,27+/m0/s1. The molecule has 34 heavy (non-hydrogen) atoms. The second kappa shape index (κ2) is 9.32. The second-order valence-corrected chi connectivity index (χ2v) is 9.16. The summed E-state index contributed by atoms with van der Waals surface area (Å²) in [6.45, 7) is 4.16. The zero-order chi connectivity index (χ0) is 24.3. The smallest absolute Gasteiger partial charge is 0.332 e. The first kappa shape index (κ1) is 23.5. The predicted molar refractivity (Wildman–Crippen MR) is 123 cm³/mol. The summed E-state index contributed by atoms with van der Waals surface area (Å²) in [7, 11) is 0. The molecule has 2 aromatic carbocycles. The molecular formula is C27H27NO6. The molecule has 1 N–H and O–H groups in total. The third kappa shape index (κ3) is 4.17. The number of allylic oxidation sites excluding steroid dienone is 1. The number of carboxylic acids is 1. The van der Waals surface area contributed by atoms with Crippen LogP contribution in [0.5, 0.6) is 11.5 Å². The van der Waals surface area contributed by atoms with Gasteiger partial charge in [0.15, 0.2) is 0 Å². The minimum Gasteiger partial charge on any atom is -0.481 e. The van der Waals surface area contributed by atoms with Crippen LogP contribution in [0.3, 0.4) is 0 Å². The average molecular weight is 462 g/mol. The highest BCUT2D eigenvalue weighted by atomic mass is 16.7. The van der Waals surface area contributed by atoms with Crippen LogP contribution >= 0.6 is 0 Å². The van der Waals surface area contributed by atoms with Crippen molar-refractivity contribution in [2.24, 2.45) is 16.7 Å². The number of carboxylic acid groups (broad SMARTS) is 1. The molecule has 4 atom stereocenters. The lowest BCUT2D eigenvalue weighted by Gasteiger charge is -2.22. The Morgan fingerprint density at radius 3 is 2.56 bits per heavy atom. The molecule has 2 aliphatic rings. The SMILES string of the molecule is CC1(C)[C@H](C=CC(=O)OC2CCCO2)[C@@]1(C(=O)O)C(C#N)c1cccc(Oc2ccccc2)c1. The Hall–Kier alpha value is -3.63. The fourth-order valence-electron chi connectivity index (χ4n) is 5.12. The number of benzene rings is 2. The molecule has 1 heterocycles. The zero-order valence-electron chi connectivity index (χ0n) is 19.1. The van der Waals surface area contributed by atoms with Gasteiger partial charge in [0.1, 0.15) is 16.9 Å². The third-order valence-corrected chi connectivity index (χ3v) is 6.92. The van der Waals surface area contributed by atoms with Gasteiger partial charge in [-0.3, -0.25) is 4.79 Å². The van der Waals surface area contributed by atoms with Gasteiger partial charge in [0.05, 0.1) is 18.6 Å². The lowest BCUT2D eigenvalue weighted by Crippen LogP contribution is -2.28. The van der Waals surface area contributed by atoms with E-state index in [2.05, 4.69) is 6.07 Å². The van der Waals surface area contributed by atoms with Crippen molar-refractivity contribution in [2.45, 2.75) is 38.9 Å². The van der Waals surface area contributed by atoms with Crippen molar-refractivity contribution in [3.05, 3.63) is 72.3 Å². The molecule has 4 rings (SSSR count). The first-order chi connectivity index (χ1) is 16.3. The maximum absolute atomic E-state index is 12.6. The van der Waals surface area contributed by atoms with Crippen molar-refractivity contribution in [1.82, 2.24) is 0 Å². The number of nitrogens with zero attached hydrogens (tertiary/aromatic N) is 1. The van der Waals surface area contributed by atoms with Gasteiger partial charge in [0.2, 0.25) is 6.29 Å². The minimum atomic E-state index is -1.41. The Balaban J connectivity index is 1.59. The Kier molecular flexibility index (Phi) is 6.45. The van der Waals surface area contributed by atoms with Gasteiger partial charge in [-0.05, 0) is 41.7 Å². The highest BCUT2D eigenvalue weighted by Crippen LogP contribution is 2.75. The summed E-state index contributed by atoms with van der Waals surface area (Å²) >= 11 is 0. The van der Waals surface area contributed by atoms with Crippen LogP contribution < -0.4 is 4.74 Å². The molecule has 2 aromatic rings. The number of esters is 1. The number of nitriles is 1. The maximum atomic E-state index is 12.6. The van der Waals surface area contributed by atoms with Gasteiger partial charge in [-0.1, -0.05) is 50.3 Å². The summed E-state index contributed by atoms with van der Waals surface area (Å²) < 4.78 is 16.4. The van der Waals surface area contributed by atoms with E-state index in [1.807, 2.05) is 30.3 Å². The highest BCUT2D eigenvalue weighted by Gasteiger charge is 2.78. The minimum absolute atomic E-state index is 0.509. The summed E-state index contributed by atoms with van der Waals surface area (Å²) in [5.74, 6) is -2.02. The molecule has 1 aliphatic heterocycles. The molecular weight excluding hydrogens is 434 g/mol. The Morgan fingerprint density at radius 1 is 1.18 bits per heavy atom. The van der Waals surface area contributed by atoms with Crippen LogP contribution in [0.4, 0.5) is 0 Å². The lowest BCUT2D eigenvalue weighted by molar-refractivity contribution is -0.163. The molecule has 1 aliphatic carbocycles. The van der Waals surface area contributed by atoms with Gasteiger partial charge in [-0.2, -0.15) is 5.26 Å². The van der Waals surface area contributed by atoms with E-state index in [0.29, 0.717) is 30.1 Å². The molecule has 1 saturated heterocycles. The molecule has 0 spiro atoms. The maximum Gasteiger partial charge on any atom is 0.332 e. The van der Waals surface area contributed by atoms with E-state index >= 15 is 0 Å². The summed E-state index contributed by atoms with van der Waals surface area (Å²) in [4.78, 5) is 24.9. The van der Waals surface area contributed by atoms with Crippen LogP contribution in [0.1, 0.15) is 38.2 Å². The van der Waals surface area contributed by atoms with Crippen LogP contribution in [-0.4, -0.2) is 29.9 Å². The van der Waals surface area contributed by atoms with E-state index in [1.165, 1.54) is 6.08 Å². The molecule has 2 fully saturated rings. The van der Waals surface area contributed by atoms with Crippen molar-refractivity contribution >= 4 is 11.9 Å². The Labute approximate surface area is 198 Å². The van der Waals surface area contributed by atoms with Gasteiger partial charge in [0.25, 0.3) is 0 Å². The van der Waals surface area contributed by atoms with Gasteiger partial charge in [-0.25, -0.2) is 4.79 Å². The monoisotopic (exact) mass is 461 g/mol. The van der Waals surface area contributed by atoms with E-state index < -0.39 is 40.9 Å². The topological polar surface area (TPSA) is 106 Å². The Bertz CT molecular complexity index is 1130. The quantitative estimate of drug-likeness (QED) is 0.433. The van der Waals surface area contributed by atoms with E-state index in [1.54, 1.807) is 44.2 Å². The number of rotatable bonds is 8. The van der Waals surface area contributed by atoms with Gasteiger partial charge < -0.3 is 19.3 Å². The molecule has 0 radical (unpaired) electrons. The molecule has 7 nitrogen and oxygen atoms in total. The average Bonchev–Trinajstić information content (AvgIpc) is 3.09. The molecule has 176 valence electrons. The van der Waals surface area contributed by atoms with Crippen molar-refractivity contribution in [1.29, 1.82) is 5.26 Å². The van der Waals surface area contributed by atoms with Crippen molar-refractivity contribution < 1.29 is 28.9 Å². The van der Waals surface area contributed by atoms with E-state index in [4.69, 9.17) is 14.2 Å². The molecule has 2 unspecified atom stereocenters. The molecule has 0 amide bonds. The number of aliphatic carboxylic acids is 1. The van der Waals surface area contributed by atoms with E-state index in [-0.39, 0.29) is 0 Å². The van der Waals surface area contributed by atoms with Crippen LogP contribution in [0.25, 0.3) is 0 Å². The largest absolute Gasteiger partial charge is 0.481 e. The van der Waals surface area contributed by atoms with E-state index in [9.17, 15) is 20.0 Å². The zero-order valence-corrected chi connectivity index (χ0v) is 19.1. The number of carbonyl (C=O) groups is 2. The van der Waals surface area contributed by atoms with Crippen molar-refractivity contribution in [3.63, 3.8) is 0 Å². The predicted octanol–water partition coefficient (Wildman–Crippen LogP) is 5.05. The summed E-state index contributed by atoms with van der Waals surface area (Å²) in [5, 5.41) is 20.4. The molecule has 1 saturated carbocycles. The van der Waals surface area contributed by atoms with Crippen LogP contribution in [0.15, 0.2) is 66.7 Å². The van der Waals surface area contributed by atoms with Crippen molar-refractivity contribution in [3.8, 4) is 17.6 Å². The fraction of sp³-hybridized carbons (Fsp3) is 0.370. The number of hydrogen-bond donors (Lipinski definition) is 1. The molecule has 0 bridgehead atoms. The van der Waals surface area contributed by atoms with E-state index in [0.717, 1.165) is 6.42 Å². The number of para-hydroxylation sites is 1. The summed E-state index contributed by atoms with van der Waals surface area (Å²) in [5.41, 5.74) is -1.63. The van der Waals surface area contributed by atoms with Crippen LogP contribution in [-0.2, 0) is 19.1 Å².